The molecule has 2 aliphatic carbocycles. The molecule has 0 heterocycles. The van der Waals surface area contributed by atoms with Crippen LogP contribution in [0.4, 0.5) is 5.69 Å². The van der Waals surface area contributed by atoms with E-state index in [0.717, 1.165) is 24.1 Å². The number of amides is 1. The van der Waals surface area contributed by atoms with Crippen molar-refractivity contribution >= 4 is 34.8 Å². The molecule has 1 aromatic carbocycles. The number of hydrogen-bond donors (Lipinski definition) is 1. The number of halogens is 2. The molecule has 0 radical (unpaired) electrons. The van der Waals surface area contributed by atoms with Crippen LogP contribution in [-0.4, -0.2) is 5.91 Å². The summed E-state index contributed by atoms with van der Waals surface area (Å²) in [5.41, 5.74) is 4.51. The molecular formula is C14H13Cl2NO. The Kier molecular flexibility index (Phi) is 2.87. The third-order valence-electron chi connectivity index (χ3n) is 3.89. The maximum atomic E-state index is 11.3. The number of carbonyl (C=O) groups is 1. The van der Waals surface area contributed by atoms with Gasteiger partial charge in [0.1, 0.15) is 4.49 Å². The van der Waals surface area contributed by atoms with Crippen molar-refractivity contribution in [2.24, 2.45) is 0 Å². The number of rotatable bonds is 1. The lowest BCUT2D eigenvalue weighted by atomic mass is 9.90. The molecular weight excluding hydrogens is 269 g/mol. The molecule has 1 aromatic rings. The zero-order valence-corrected chi connectivity index (χ0v) is 11.5. The van der Waals surface area contributed by atoms with Crippen molar-refractivity contribution in [1.82, 2.24) is 0 Å². The van der Waals surface area contributed by atoms with E-state index in [1.807, 2.05) is 12.1 Å². The van der Waals surface area contributed by atoms with Crippen molar-refractivity contribution in [2.45, 2.75) is 31.6 Å². The monoisotopic (exact) mass is 281 g/mol. The lowest BCUT2D eigenvalue weighted by molar-refractivity contribution is -0.114. The van der Waals surface area contributed by atoms with E-state index in [0.29, 0.717) is 10.4 Å². The summed E-state index contributed by atoms with van der Waals surface area (Å²) >= 11 is 12.0. The summed E-state index contributed by atoms with van der Waals surface area (Å²) < 4.78 is 0.396. The number of nitrogens with one attached hydrogen (secondary N) is 1. The van der Waals surface area contributed by atoms with E-state index < -0.39 is 0 Å². The summed E-state index contributed by atoms with van der Waals surface area (Å²) in [5, 5.41) is 2.90. The molecule has 94 valence electrons. The number of allylic oxidation sites excluding steroid dienone is 1. The second kappa shape index (κ2) is 4.29. The molecule has 0 aliphatic heterocycles. The summed E-state index contributed by atoms with van der Waals surface area (Å²) in [7, 11) is 0. The lowest BCUT2D eigenvalue weighted by Gasteiger charge is -2.18. The molecule has 0 spiro atoms. The zero-order chi connectivity index (χ0) is 12.9. The molecule has 2 nitrogen and oxygen atoms in total. The lowest BCUT2D eigenvalue weighted by Crippen LogP contribution is -2.10. The molecule has 2 aliphatic rings. The molecule has 1 N–H and O–H groups in total. The minimum atomic E-state index is -0.0475. The molecule has 2 unspecified atom stereocenters. The Balaban J connectivity index is 2.14. The normalized spacial score (nSPS) is 24.1. The fourth-order valence-corrected chi connectivity index (χ4v) is 3.87. The summed E-state index contributed by atoms with van der Waals surface area (Å²) in [6, 6.07) is 6.03. The van der Waals surface area contributed by atoms with Gasteiger partial charge in [0.05, 0.1) is 0 Å². The predicted molar refractivity (Wildman–Crippen MR) is 74.2 cm³/mol. The third kappa shape index (κ3) is 1.67. The van der Waals surface area contributed by atoms with Crippen molar-refractivity contribution in [3.05, 3.63) is 39.4 Å². The number of anilines is 1. The Bertz CT molecular complexity index is 561. The second-order valence-electron chi connectivity index (χ2n) is 4.89. The van der Waals surface area contributed by atoms with Crippen LogP contribution in [0, 0.1) is 0 Å². The number of fused-ring (bicyclic) bond motifs is 5. The van der Waals surface area contributed by atoms with Gasteiger partial charge in [0.2, 0.25) is 5.91 Å². The molecule has 0 aromatic heterocycles. The second-order valence-corrected chi connectivity index (χ2v) is 5.84. The van der Waals surface area contributed by atoms with Crippen LogP contribution in [0.5, 0.6) is 0 Å². The first kappa shape index (κ1) is 12.1. The van der Waals surface area contributed by atoms with E-state index in [-0.39, 0.29) is 11.8 Å². The van der Waals surface area contributed by atoms with Gasteiger partial charge in [-0.3, -0.25) is 4.79 Å². The van der Waals surface area contributed by atoms with Gasteiger partial charge in [0, 0.05) is 24.4 Å². The van der Waals surface area contributed by atoms with E-state index in [4.69, 9.17) is 23.2 Å². The van der Waals surface area contributed by atoms with Crippen LogP contribution in [0.3, 0.4) is 0 Å². The van der Waals surface area contributed by atoms with E-state index in [2.05, 4.69) is 11.4 Å². The fourth-order valence-electron chi connectivity index (χ4n) is 3.35. The summed E-state index contributed by atoms with van der Waals surface area (Å²) in [5.74, 6) is 0.565. The molecule has 2 bridgehead atoms. The highest BCUT2D eigenvalue weighted by Gasteiger charge is 2.44. The van der Waals surface area contributed by atoms with Gasteiger partial charge < -0.3 is 5.32 Å². The van der Waals surface area contributed by atoms with Crippen LogP contribution in [0.1, 0.15) is 42.7 Å². The zero-order valence-electron chi connectivity index (χ0n) is 9.97. The molecule has 0 saturated heterocycles. The van der Waals surface area contributed by atoms with E-state index in [1.165, 1.54) is 18.1 Å². The van der Waals surface area contributed by atoms with Gasteiger partial charge in [-0.25, -0.2) is 0 Å². The van der Waals surface area contributed by atoms with Gasteiger partial charge >= 0.3 is 0 Å². The number of carbonyl (C=O) groups excluding carboxylic acids is 1. The Labute approximate surface area is 116 Å². The predicted octanol–water partition coefficient (Wildman–Crippen LogP) is 4.31. The van der Waals surface area contributed by atoms with Gasteiger partial charge in [0.25, 0.3) is 0 Å². The van der Waals surface area contributed by atoms with E-state index >= 15 is 0 Å². The number of benzene rings is 1. The van der Waals surface area contributed by atoms with Crippen LogP contribution in [0.25, 0.3) is 0 Å². The average molecular weight is 282 g/mol. The highest BCUT2D eigenvalue weighted by molar-refractivity contribution is 6.56. The van der Waals surface area contributed by atoms with E-state index in [1.54, 1.807) is 0 Å². The van der Waals surface area contributed by atoms with Crippen LogP contribution < -0.4 is 5.32 Å². The quantitative estimate of drug-likeness (QED) is 0.817. The molecule has 3 rings (SSSR count). The molecule has 2 atom stereocenters. The van der Waals surface area contributed by atoms with Crippen molar-refractivity contribution in [1.29, 1.82) is 0 Å². The topological polar surface area (TPSA) is 29.1 Å². The van der Waals surface area contributed by atoms with Crippen LogP contribution >= 0.6 is 23.2 Å². The smallest absolute Gasteiger partial charge is 0.221 e. The van der Waals surface area contributed by atoms with Gasteiger partial charge in [-0.1, -0.05) is 35.3 Å². The van der Waals surface area contributed by atoms with Gasteiger partial charge in [-0.05, 0) is 35.6 Å². The van der Waals surface area contributed by atoms with Crippen LogP contribution in [-0.2, 0) is 4.79 Å². The van der Waals surface area contributed by atoms with Crippen molar-refractivity contribution in [3.63, 3.8) is 0 Å². The Morgan fingerprint density at radius 2 is 2.00 bits per heavy atom. The first-order valence-corrected chi connectivity index (χ1v) is 6.80. The molecule has 1 fully saturated rings. The van der Waals surface area contributed by atoms with Crippen molar-refractivity contribution in [2.75, 3.05) is 5.32 Å². The standard InChI is InChI=1S/C14H13Cl2NO/c1-7(18)17-11-4-2-3-8-9-5-6-10(12(8)11)13(9)14(15)16/h2-4,9-10H,5-6H2,1H3,(H,17,18). The maximum Gasteiger partial charge on any atom is 0.221 e. The van der Waals surface area contributed by atoms with E-state index in [9.17, 15) is 4.79 Å². The van der Waals surface area contributed by atoms with Crippen molar-refractivity contribution < 1.29 is 4.79 Å². The molecule has 1 saturated carbocycles. The van der Waals surface area contributed by atoms with Crippen LogP contribution in [0.2, 0.25) is 0 Å². The summed E-state index contributed by atoms with van der Waals surface area (Å²) in [6.07, 6.45) is 2.16. The number of hydrogen-bond acceptors (Lipinski definition) is 1. The summed E-state index contributed by atoms with van der Waals surface area (Å²) in [6.45, 7) is 1.53. The SMILES string of the molecule is CC(=O)Nc1cccc2c1C1CCC2C1=C(Cl)Cl. The first-order chi connectivity index (χ1) is 8.59. The molecule has 4 heteroatoms. The van der Waals surface area contributed by atoms with Crippen LogP contribution in [0.15, 0.2) is 28.3 Å². The average Bonchev–Trinajstić information content (AvgIpc) is 2.84. The van der Waals surface area contributed by atoms with Gasteiger partial charge in [-0.2, -0.15) is 0 Å². The summed E-state index contributed by atoms with van der Waals surface area (Å²) in [4.78, 5) is 11.3. The van der Waals surface area contributed by atoms with Crippen molar-refractivity contribution in [3.8, 4) is 0 Å². The minimum absolute atomic E-state index is 0.0475. The Morgan fingerprint density at radius 3 is 2.67 bits per heavy atom. The Hall–Kier alpha value is -0.990. The largest absolute Gasteiger partial charge is 0.326 e. The molecule has 18 heavy (non-hydrogen) atoms. The fraction of sp³-hybridized carbons (Fsp3) is 0.357. The highest BCUT2D eigenvalue weighted by Crippen LogP contribution is 2.60. The third-order valence-corrected chi connectivity index (χ3v) is 4.32. The minimum Gasteiger partial charge on any atom is -0.326 e. The van der Waals surface area contributed by atoms with Gasteiger partial charge in [0.15, 0.2) is 0 Å². The van der Waals surface area contributed by atoms with Gasteiger partial charge in [-0.15, -0.1) is 0 Å². The highest BCUT2D eigenvalue weighted by atomic mass is 35.5. The molecule has 1 amide bonds. The first-order valence-electron chi connectivity index (χ1n) is 6.05. The Morgan fingerprint density at radius 1 is 1.28 bits per heavy atom. The maximum absolute atomic E-state index is 11.3.